The molecule has 0 atom stereocenters. The minimum atomic E-state index is 0.00370. The lowest BCUT2D eigenvalue weighted by Gasteiger charge is -2.39. The summed E-state index contributed by atoms with van der Waals surface area (Å²) in [4.78, 5) is 0. The van der Waals surface area contributed by atoms with E-state index in [9.17, 15) is 0 Å². The highest BCUT2D eigenvalue weighted by Crippen LogP contribution is 2.45. The van der Waals surface area contributed by atoms with Gasteiger partial charge in [0.2, 0.25) is 0 Å². The van der Waals surface area contributed by atoms with Crippen molar-refractivity contribution >= 4 is 0 Å². The van der Waals surface area contributed by atoms with Crippen molar-refractivity contribution in [2.75, 3.05) is 27.9 Å². The van der Waals surface area contributed by atoms with E-state index in [2.05, 4.69) is 0 Å². The Bertz CT molecular complexity index is 467. The van der Waals surface area contributed by atoms with Gasteiger partial charge in [0.25, 0.3) is 0 Å². The molecule has 1 aliphatic rings. The van der Waals surface area contributed by atoms with Gasteiger partial charge in [-0.2, -0.15) is 0 Å². The van der Waals surface area contributed by atoms with E-state index in [0.717, 1.165) is 29.9 Å². The minimum absolute atomic E-state index is 0.00370. The number of benzene rings is 1. The van der Waals surface area contributed by atoms with Crippen LogP contribution in [0.4, 0.5) is 0 Å². The maximum atomic E-state index is 6.20. The molecule has 118 valence electrons. The first kappa shape index (κ1) is 16.1. The fourth-order valence-electron chi connectivity index (χ4n) is 3.58. The predicted octanol–water partition coefficient (Wildman–Crippen LogP) is 3.01. The van der Waals surface area contributed by atoms with Crippen LogP contribution in [-0.4, -0.2) is 27.9 Å². The molecule has 0 amide bonds. The molecule has 1 aromatic rings. The zero-order chi connectivity index (χ0) is 15.3. The fourth-order valence-corrected chi connectivity index (χ4v) is 3.58. The van der Waals surface area contributed by atoms with Crippen LogP contribution < -0.4 is 15.2 Å². The highest BCUT2D eigenvalue weighted by molar-refractivity contribution is 5.51. The molecule has 0 heterocycles. The van der Waals surface area contributed by atoms with E-state index in [1.54, 1.807) is 21.3 Å². The van der Waals surface area contributed by atoms with Crippen molar-refractivity contribution < 1.29 is 14.2 Å². The zero-order valence-electron chi connectivity index (χ0n) is 13.4. The number of hydrogen-bond donors (Lipinski definition) is 1. The van der Waals surface area contributed by atoms with Crippen molar-refractivity contribution in [2.45, 2.75) is 44.1 Å². The topological polar surface area (TPSA) is 53.7 Å². The third-order valence-corrected chi connectivity index (χ3v) is 4.64. The van der Waals surface area contributed by atoms with E-state index in [1.807, 2.05) is 12.1 Å². The van der Waals surface area contributed by atoms with Crippen molar-refractivity contribution in [3.05, 3.63) is 23.3 Å². The smallest absolute Gasteiger partial charge is 0.126 e. The largest absolute Gasteiger partial charge is 0.497 e. The first-order valence-electron chi connectivity index (χ1n) is 7.65. The normalized spacial score (nSPS) is 17.5. The number of hydrogen-bond acceptors (Lipinski definition) is 4. The van der Waals surface area contributed by atoms with Crippen LogP contribution in [0, 0.1) is 0 Å². The first-order chi connectivity index (χ1) is 10.2. The second-order valence-electron chi connectivity index (χ2n) is 5.84. The molecule has 1 aromatic carbocycles. The summed E-state index contributed by atoms with van der Waals surface area (Å²) in [6.07, 6.45) is 5.96. The molecule has 21 heavy (non-hydrogen) atoms. The summed E-state index contributed by atoms with van der Waals surface area (Å²) < 4.78 is 16.4. The van der Waals surface area contributed by atoms with E-state index >= 15 is 0 Å². The highest BCUT2D eigenvalue weighted by atomic mass is 16.5. The van der Waals surface area contributed by atoms with Gasteiger partial charge in [-0.05, 0) is 24.5 Å². The Balaban J connectivity index is 2.57. The van der Waals surface area contributed by atoms with Crippen molar-refractivity contribution in [3.63, 3.8) is 0 Å². The number of nitrogens with two attached hydrogens (primary N) is 1. The molecule has 1 saturated carbocycles. The molecule has 0 spiro atoms. The van der Waals surface area contributed by atoms with Gasteiger partial charge in [-0.3, -0.25) is 0 Å². The molecule has 4 nitrogen and oxygen atoms in total. The number of methoxy groups -OCH3 is 3. The third kappa shape index (κ3) is 3.16. The summed E-state index contributed by atoms with van der Waals surface area (Å²) in [6.45, 7) is 1.19. The van der Waals surface area contributed by atoms with E-state index in [4.69, 9.17) is 19.9 Å². The van der Waals surface area contributed by atoms with Gasteiger partial charge in [-0.1, -0.05) is 19.3 Å². The molecule has 0 saturated heterocycles. The van der Waals surface area contributed by atoms with Gasteiger partial charge in [0, 0.05) is 30.7 Å². The SMILES string of the molecule is COCc1cc(OC)cc(OC)c1C1(CN)CCCCC1. The van der Waals surface area contributed by atoms with Gasteiger partial charge >= 0.3 is 0 Å². The van der Waals surface area contributed by atoms with Gasteiger partial charge in [0.15, 0.2) is 0 Å². The highest BCUT2D eigenvalue weighted by Gasteiger charge is 2.37. The molecule has 1 aliphatic carbocycles. The van der Waals surface area contributed by atoms with Gasteiger partial charge < -0.3 is 19.9 Å². The van der Waals surface area contributed by atoms with Crippen LogP contribution in [0.5, 0.6) is 11.5 Å². The summed E-state index contributed by atoms with van der Waals surface area (Å²) in [7, 11) is 5.10. The molecule has 0 aromatic heterocycles. The van der Waals surface area contributed by atoms with Crippen molar-refractivity contribution in [3.8, 4) is 11.5 Å². The molecule has 0 aliphatic heterocycles. The van der Waals surface area contributed by atoms with Gasteiger partial charge in [-0.25, -0.2) is 0 Å². The lowest BCUT2D eigenvalue weighted by Crippen LogP contribution is -2.38. The summed E-state index contributed by atoms with van der Waals surface area (Å²) in [5.41, 5.74) is 8.55. The second-order valence-corrected chi connectivity index (χ2v) is 5.84. The summed E-state index contributed by atoms with van der Waals surface area (Å²) in [5, 5.41) is 0. The number of ether oxygens (including phenoxy) is 3. The Morgan fingerprint density at radius 3 is 2.29 bits per heavy atom. The molecule has 4 heteroatoms. The van der Waals surface area contributed by atoms with E-state index in [1.165, 1.54) is 24.8 Å². The Morgan fingerprint density at radius 2 is 1.76 bits per heavy atom. The standard InChI is InChI=1S/C17H27NO3/c1-19-11-13-9-14(20-2)10-15(21-3)16(13)17(12-18)7-5-4-6-8-17/h9-10H,4-8,11-12,18H2,1-3H3. The zero-order valence-corrected chi connectivity index (χ0v) is 13.4. The summed E-state index contributed by atoms with van der Waals surface area (Å²) in [6, 6.07) is 4.01. The van der Waals surface area contributed by atoms with Crippen LogP contribution in [0.2, 0.25) is 0 Å². The van der Waals surface area contributed by atoms with E-state index in [-0.39, 0.29) is 5.41 Å². The van der Waals surface area contributed by atoms with Crippen LogP contribution in [0.3, 0.4) is 0 Å². The summed E-state index contributed by atoms with van der Waals surface area (Å²) in [5.74, 6) is 1.67. The Hall–Kier alpha value is -1.26. The molecule has 0 unspecified atom stereocenters. The van der Waals surface area contributed by atoms with Crippen LogP contribution in [-0.2, 0) is 16.8 Å². The maximum absolute atomic E-state index is 6.20. The molecule has 0 bridgehead atoms. The molecule has 2 N–H and O–H groups in total. The molecule has 1 fully saturated rings. The van der Waals surface area contributed by atoms with Crippen LogP contribution in [0.1, 0.15) is 43.2 Å². The van der Waals surface area contributed by atoms with Crippen LogP contribution in [0.15, 0.2) is 12.1 Å². The Kier molecular flexibility index (Phi) is 5.48. The maximum Gasteiger partial charge on any atom is 0.126 e. The summed E-state index contributed by atoms with van der Waals surface area (Å²) >= 11 is 0. The van der Waals surface area contributed by atoms with Crippen molar-refractivity contribution in [1.82, 2.24) is 0 Å². The van der Waals surface area contributed by atoms with Crippen LogP contribution >= 0.6 is 0 Å². The van der Waals surface area contributed by atoms with Gasteiger partial charge in [0.1, 0.15) is 11.5 Å². The molecular weight excluding hydrogens is 266 g/mol. The lowest BCUT2D eigenvalue weighted by atomic mass is 9.68. The first-order valence-corrected chi connectivity index (χ1v) is 7.65. The van der Waals surface area contributed by atoms with Crippen LogP contribution in [0.25, 0.3) is 0 Å². The number of rotatable bonds is 6. The van der Waals surface area contributed by atoms with Gasteiger partial charge in [-0.15, -0.1) is 0 Å². The van der Waals surface area contributed by atoms with E-state index in [0.29, 0.717) is 13.2 Å². The Labute approximate surface area is 127 Å². The van der Waals surface area contributed by atoms with Crippen molar-refractivity contribution in [2.24, 2.45) is 5.73 Å². The minimum Gasteiger partial charge on any atom is -0.497 e. The lowest BCUT2D eigenvalue weighted by molar-refractivity contribution is 0.179. The quantitative estimate of drug-likeness (QED) is 0.876. The monoisotopic (exact) mass is 293 g/mol. The predicted molar refractivity (Wildman–Crippen MR) is 84.1 cm³/mol. The van der Waals surface area contributed by atoms with Gasteiger partial charge in [0.05, 0.1) is 20.8 Å². The third-order valence-electron chi connectivity index (χ3n) is 4.64. The average Bonchev–Trinajstić information content (AvgIpc) is 2.55. The van der Waals surface area contributed by atoms with E-state index < -0.39 is 0 Å². The molecule has 2 rings (SSSR count). The fraction of sp³-hybridized carbons (Fsp3) is 0.647. The van der Waals surface area contributed by atoms with Crippen molar-refractivity contribution in [1.29, 1.82) is 0 Å². The second kappa shape index (κ2) is 7.14. The Morgan fingerprint density at radius 1 is 1.05 bits per heavy atom. The molecule has 0 radical (unpaired) electrons. The average molecular weight is 293 g/mol. The molecular formula is C17H27NO3.